The predicted molar refractivity (Wildman–Crippen MR) is 106 cm³/mol. The van der Waals surface area contributed by atoms with Crippen molar-refractivity contribution in [2.24, 2.45) is 0 Å². The number of benzene rings is 1. The highest BCUT2D eigenvalue weighted by Gasteiger charge is 2.36. The molecule has 7 nitrogen and oxygen atoms in total. The zero-order valence-electron chi connectivity index (χ0n) is 16.3. The van der Waals surface area contributed by atoms with Crippen LogP contribution in [0.2, 0.25) is 0 Å². The molecular weight excluding hydrogens is 397 g/mol. The molecule has 1 aromatic heterocycles. The molecule has 0 N–H and O–H groups in total. The number of ether oxygens (including phenoxy) is 1. The van der Waals surface area contributed by atoms with Crippen molar-refractivity contribution in [2.45, 2.75) is 13.0 Å². The van der Waals surface area contributed by atoms with Crippen LogP contribution in [0, 0.1) is 5.82 Å². The lowest BCUT2D eigenvalue weighted by Gasteiger charge is -2.27. The van der Waals surface area contributed by atoms with Crippen molar-refractivity contribution in [3.05, 3.63) is 45.6 Å². The zero-order chi connectivity index (χ0) is 20.9. The Labute approximate surface area is 171 Å². The fraction of sp³-hybridized carbons (Fsp3) is 0.350. The Hall–Kier alpha value is -2.94. The fourth-order valence-electron chi connectivity index (χ4n) is 3.68. The van der Waals surface area contributed by atoms with Crippen LogP contribution in [0.25, 0.3) is 0 Å². The smallest absolute Gasteiger partial charge is 0.257 e. The molecule has 1 aromatic carbocycles. The molecule has 0 saturated carbocycles. The molecule has 3 amide bonds. The second-order valence-electron chi connectivity index (χ2n) is 7.12. The molecule has 4 rings (SSSR count). The predicted octanol–water partition coefficient (Wildman–Crippen LogP) is 2.14. The summed E-state index contributed by atoms with van der Waals surface area (Å²) in [6.45, 7) is 0.816. The van der Waals surface area contributed by atoms with E-state index in [2.05, 4.69) is 0 Å². The molecule has 152 valence electrons. The molecule has 0 saturated heterocycles. The Morgan fingerprint density at radius 1 is 1.21 bits per heavy atom. The van der Waals surface area contributed by atoms with Crippen molar-refractivity contribution in [2.75, 3.05) is 39.2 Å². The second kappa shape index (κ2) is 7.14. The third-order valence-corrected chi connectivity index (χ3v) is 6.63. The average molecular weight is 417 g/mol. The summed E-state index contributed by atoms with van der Waals surface area (Å²) in [5.41, 5.74) is 1.81. The lowest BCUT2D eigenvalue weighted by atomic mass is 10.0. The van der Waals surface area contributed by atoms with E-state index >= 15 is 0 Å². The first-order valence-corrected chi connectivity index (χ1v) is 9.92. The van der Waals surface area contributed by atoms with Gasteiger partial charge in [0.25, 0.3) is 11.8 Å². The molecule has 0 radical (unpaired) electrons. The van der Waals surface area contributed by atoms with Crippen LogP contribution < -0.4 is 9.64 Å². The minimum atomic E-state index is -0.526. The number of fused-ring (bicyclic) bond motifs is 3. The topological polar surface area (TPSA) is 70.2 Å². The van der Waals surface area contributed by atoms with E-state index in [-0.39, 0.29) is 30.0 Å². The summed E-state index contributed by atoms with van der Waals surface area (Å²) in [7, 11) is 4.64. The maximum atomic E-state index is 13.7. The number of amides is 3. The Balaban J connectivity index is 1.66. The van der Waals surface area contributed by atoms with E-state index in [1.165, 1.54) is 46.4 Å². The molecule has 0 spiro atoms. The number of hydrogen-bond donors (Lipinski definition) is 0. The monoisotopic (exact) mass is 417 g/mol. The SMILES string of the molecule is COc1cc(C(=O)N2CCc3c(sc4c3C(=O)N(C)CC(=O)N4C)C2)ccc1F. The Bertz CT molecular complexity index is 1030. The normalized spacial score (nSPS) is 16.5. The number of carbonyl (C=O) groups excluding carboxylic acids is 3. The van der Waals surface area contributed by atoms with Gasteiger partial charge in [-0.05, 0) is 30.2 Å². The average Bonchev–Trinajstić information content (AvgIpc) is 3.07. The van der Waals surface area contributed by atoms with E-state index in [0.29, 0.717) is 35.6 Å². The van der Waals surface area contributed by atoms with Crippen LogP contribution >= 0.6 is 11.3 Å². The molecule has 9 heteroatoms. The number of thiophene rings is 1. The third kappa shape index (κ3) is 3.15. The molecule has 0 atom stereocenters. The highest BCUT2D eigenvalue weighted by molar-refractivity contribution is 7.17. The van der Waals surface area contributed by atoms with Gasteiger partial charge in [0.05, 0.1) is 19.2 Å². The summed E-state index contributed by atoms with van der Waals surface area (Å²) in [5.74, 6) is -1.05. The summed E-state index contributed by atoms with van der Waals surface area (Å²) in [5, 5.41) is 0.632. The van der Waals surface area contributed by atoms with Gasteiger partial charge in [-0.25, -0.2) is 4.39 Å². The van der Waals surface area contributed by atoms with Gasteiger partial charge in [0.1, 0.15) is 11.5 Å². The molecule has 0 fully saturated rings. The lowest BCUT2D eigenvalue weighted by molar-refractivity contribution is -0.118. The first kappa shape index (κ1) is 19.4. The number of rotatable bonds is 2. The summed E-state index contributed by atoms with van der Waals surface area (Å²) in [6.07, 6.45) is 0.521. The molecule has 2 aliphatic rings. The standard InChI is InChI=1S/C20H20FN3O4S/c1-22-10-16(25)23(2)20-17(19(22)27)12-6-7-24(9-15(12)29-20)18(26)11-4-5-13(21)14(8-11)28-3/h4-5,8H,6-7,9-10H2,1-3H3. The van der Waals surface area contributed by atoms with Crippen LogP contribution in [0.3, 0.4) is 0 Å². The molecule has 0 aliphatic carbocycles. The van der Waals surface area contributed by atoms with Gasteiger partial charge in [0, 0.05) is 31.1 Å². The summed E-state index contributed by atoms with van der Waals surface area (Å²) < 4.78 is 18.6. The summed E-state index contributed by atoms with van der Waals surface area (Å²) in [4.78, 5) is 43.6. The lowest BCUT2D eigenvalue weighted by Crippen LogP contribution is -2.37. The van der Waals surface area contributed by atoms with E-state index in [4.69, 9.17) is 4.74 Å². The first-order chi connectivity index (χ1) is 13.8. The van der Waals surface area contributed by atoms with Gasteiger partial charge in [-0.1, -0.05) is 0 Å². The quantitative estimate of drug-likeness (QED) is 0.751. The maximum absolute atomic E-state index is 13.7. The molecule has 2 aliphatic heterocycles. The van der Waals surface area contributed by atoms with Crippen LogP contribution in [0.4, 0.5) is 9.39 Å². The van der Waals surface area contributed by atoms with Gasteiger partial charge >= 0.3 is 0 Å². The van der Waals surface area contributed by atoms with E-state index in [9.17, 15) is 18.8 Å². The van der Waals surface area contributed by atoms with Gasteiger partial charge < -0.3 is 19.4 Å². The highest BCUT2D eigenvalue weighted by Crippen LogP contribution is 2.41. The third-order valence-electron chi connectivity index (χ3n) is 5.34. The zero-order valence-corrected chi connectivity index (χ0v) is 17.1. The van der Waals surface area contributed by atoms with Crippen molar-refractivity contribution in [3.63, 3.8) is 0 Å². The number of carbonyl (C=O) groups is 3. The number of hydrogen-bond acceptors (Lipinski definition) is 5. The van der Waals surface area contributed by atoms with Crippen LogP contribution in [0.5, 0.6) is 5.75 Å². The number of likely N-dealkylation sites (N-methyl/N-ethyl adjacent to an activating group) is 2. The molecule has 29 heavy (non-hydrogen) atoms. The van der Waals surface area contributed by atoms with Crippen LogP contribution in [-0.2, 0) is 17.8 Å². The van der Waals surface area contributed by atoms with Crippen molar-refractivity contribution in [3.8, 4) is 5.75 Å². The van der Waals surface area contributed by atoms with E-state index < -0.39 is 5.82 Å². The van der Waals surface area contributed by atoms with Gasteiger partial charge in [0.15, 0.2) is 11.6 Å². The van der Waals surface area contributed by atoms with Crippen LogP contribution in [0.1, 0.15) is 31.2 Å². The van der Waals surface area contributed by atoms with Crippen molar-refractivity contribution in [1.29, 1.82) is 0 Å². The van der Waals surface area contributed by atoms with Crippen molar-refractivity contribution in [1.82, 2.24) is 9.80 Å². The molecule has 0 bridgehead atoms. The van der Waals surface area contributed by atoms with Crippen molar-refractivity contribution >= 4 is 34.1 Å². The Kier molecular flexibility index (Phi) is 4.77. The number of anilines is 1. The van der Waals surface area contributed by atoms with Crippen LogP contribution in [-0.4, -0.2) is 61.8 Å². The number of halogens is 1. The van der Waals surface area contributed by atoms with Gasteiger partial charge in [-0.3, -0.25) is 14.4 Å². The molecule has 2 aromatic rings. The Morgan fingerprint density at radius 2 is 1.97 bits per heavy atom. The molecule has 3 heterocycles. The second-order valence-corrected chi connectivity index (χ2v) is 8.21. The first-order valence-electron chi connectivity index (χ1n) is 9.11. The van der Waals surface area contributed by atoms with E-state index in [1.54, 1.807) is 19.0 Å². The molecule has 0 unspecified atom stereocenters. The number of methoxy groups -OCH3 is 1. The van der Waals surface area contributed by atoms with E-state index in [1.807, 2.05) is 0 Å². The van der Waals surface area contributed by atoms with Gasteiger partial charge in [0.2, 0.25) is 5.91 Å². The fourth-order valence-corrected chi connectivity index (χ4v) is 5.01. The minimum Gasteiger partial charge on any atom is -0.494 e. The highest BCUT2D eigenvalue weighted by atomic mass is 32.1. The minimum absolute atomic E-state index is 0.0187. The number of nitrogens with zero attached hydrogens (tertiary/aromatic N) is 3. The van der Waals surface area contributed by atoms with Gasteiger partial charge in [-0.15, -0.1) is 11.3 Å². The maximum Gasteiger partial charge on any atom is 0.257 e. The largest absolute Gasteiger partial charge is 0.494 e. The summed E-state index contributed by atoms with van der Waals surface area (Å²) >= 11 is 1.37. The van der Waals surface area contributed by atoms with E-state index in [0.717, 1.165) is 10.4 Å². The molecular formula is C20H20FN3O4S. The van der Waals surface area contributed by atoms with Crippen molar-refractivity contribution < 1.29 is 23.5 Å². The Morgan fingerprint density at radius 3 is 2.69 bits per heavy atom. The van der Waals surface area contributed by atoms with Gasteiger partial charge in [-0.2, -0.15) is 0 Å². The van der Waals surface area contributed by atoms with Crippen LogP contribution in [0.15, 0.2) is 18.2 Å². The summed E-state index contributed by atoms with van der Waals surface area (Å²) in [6, 6.07) is 4.04.